The Labute approximate surface area is 133 Å². The molecule has 0 spiro atoms. The first-order valence-electron chi connectivity index (χ1n) is 7.23. The Balaban J connectivity index is 1.63. The molecule has 2 aromatic rings. The Morgan fingerprint density at radius 1 is 1.33 bits per heavy atom. The first-order valence-corrected chi connectivity index (χ1v) is 8.58. The molecule has 0 atom stereocenters. The summed E-state index contributed by atoms with van der Waals surface area (Å²) in [4.78, 5) is 15.3. The monoisotopic (exact) mass is 323 g/mol. The molecule has 1 saturated heterocycles. The number of amides is 1. The molecule has 5 heteroatoms. The van der Waals surface area contributed by atoms with Crippen LogP contribution < -0.4 is 0 Å². The molecule has 3 rings (SSSR count). The molecule has 1 fully saturated rings. The second-order valence-electron chi connectivity index (χ2n) is 5.20. The van der Waals surface area contributed by atoms with Crippen molar-refractivity contribution in [2.75, 3.05) is 25.6 Å². The Kier molecular flexibility index (Phi) is 4.78. The molecule has 1 aromatic carbocycles. The van der Waals surface area contributed by atoms with Gasteiger partial charge >= 0.3 is 0 Å². The van der Waals surface area contributed by atoms with Crippen LogP contribution in [0.4, 0.5) is 0 Å². The number of alkyl halides is 1. The van der Waals surface area contributed by atoms with Crippen LogP contribution in [0, 0.1) is 0 Å². The molecule has 0 radical (unpaired) electrons. The van der Waals surface area contributed by atoms with Crippen LogP contribution in [0.3, 0.4) is 0 Å². The number of hydrogen-bond donors (Lipinski definition) is 0. The molecule has 0 N–H and O–H groups in total. The van der Waals surface area contributed by atoms with Crippen molar-refractivity contribution >= 4 is 38.9 Å². The van der Waals surface area contributed by atoms with E-state index in [9.17, 15) is 4.79 Å². The molecule has 1 aliphatic heterocycles. The third kappa shape index (κ3) is 3.39. The van der Waals surface area contributed by atoms with Gasteiger partial charge in [0, 0.05) is 23.7 Å². The fraction of sp³-hybridized carbons (Fsp3) is 0.438. The molecular formula is C16H18ClNO2S. The fourth-order valence-corrected chi connectivity index (χ4v) is 3.80. The first-order chi connectivity index (χ1) is 10.3. The van der Waals surface area contributed by atoms with Crippen molar-refractivity contribution in [3.8, 4) is 0 Å². The number of piperidine rings is 1. The molecule has 21 heavy (non-hydrogen) atoms. The summed E-state index contributed by atoms with van der Waals surface area (Å²) >= 11 is 7.20. The molecule has 112 valence electrons. The van der Waals surface area contributed by atoms with Crippen molar-refractivity contribution in [3.05, 3.63) is 35.2 Å². The molecule has 0 bridgehead atoms. The van der Waals surface area contributed by atoms with E-state index < -0.39 is 0 Å². The number of nitrogens with zero attached hydrogens (tertiary/aromatic N) is 1. The summed E-state index contributed by atoms with van der Waals surface area (Å²) in [5.74, 6) is 0.674. The predicted octanol–water partition coefficient (Wildman–Crippen LogP) is 3.76. The van der Waals surface area contributed by atoms with Gasteiger partial charge in [0.15, 0.2) is 0 Å². The summed E-state index contributed by atoms with van der Waals surface area (Å²) in [6.07, 6.45) is 2.04. The minimum absolute atomic E-state index is 0.145. The maximum atomic E-state index is 12.6. The van der Waals surface area contributed by atoms with E-state index in [0.717, 1.165) is 36.2 Å². The van der Waals surface area contributed by atoms with Crippen LogP contribution in [-0.2, 0) is 4.74 Å². The second-order valence-corrected chi connectivity index (χ2v) is 6.66. The van der Waals surface area contributed by atoms with Gasteiger partial charge in [-0.3, -0.25) is 4.79 Å². The van der Waals surface area contributed by atoms with Crippen molar-refractivity contribution in [3.63, 3.8) is 0 Å². The number of fused-ring (bicyclic) bond motifs is 1. The Hall–Kier alpha value is -1.10. The van der Waals surface area contributed by atoms with E-state index in [1.807, 2.05) is 23.1 Å². The van der Waals surface area contributed by atoms with Crippen molar-refractivity contribution in [2.45, 2.75) is 18.9 Å². The number of rotatable bonds is 4. The average molecular weight is 324 g/mol. The van der Waals surface area contributed by atoms with Gasteiger partial charge in [0.05, 0.1) is 17.6 Å². The van der Waals surface area contributed by atoms with Crippen molar-refractivity contribution in [1.29, 1.82) is 0 Å². The summed E-state index contributed by atoms with van der Waals surface area (Å²) < 4.78 is 6.81. The van der Waals surface area contributed by atoms with Gasteiger partial charge in [0.2, 0.25) is 0 Å². The van der Waals surface area contributed by atoms with Crippen LogP contribution in [0.15, 0.2) is 30.3 Å². The quantitative estimate of drug-likeness (QED) is 0.802. The van der Waals surface area contributed by atoms with Crippen LogP contribution in [0.2, 0.25) is 0 Å². The minimum Gasteiger partial charge on any atom is -0.377 e. The standard InChI is InChI=1S/C16H18ClNO2S/c17-7-10-20-13-5-8-18(9-6-13)16(19)15-11-12-3-1-2-4-14(12)21-15/h1-4,11,13H,5-10H2. The lowest BCUT2D eigenvalue weighted by atomic mass is 10.1. The van der Waals surface area contributed by atoms with Gasteiger partial charge in [0.25, 0.3) is 5.91 Å². The third-order valence-corrected chi connectivity index (χ3v) is 5.05. The normalized spacial score (nSPS) is 16.5. The van der Waals surface area contributed by atoms with Crippen molar-refractivity contribution in [1.82, 2.24) is 4.90 Å². The van der Waals surface area contributed by atoms with Gasteiger partial charge in [-0.05, 0) is 30.4 Å². The topological polar surface area (TPSA) is 29.5 Å². The van der Waals surface area contributed by atoms with E-state index in [2.05, 4.69) is 12.1 Å². The van der Waals surface area contributed by atoms with Crippen LogP contribution in [0.1, 0.15) is 22.5 Å². The van der Waals surface area contributed by atoms with E-state index >= 15 is 0 Å². The lowest BCUT2D eigenvalue weighted by molar-refractivity contribution is 0.0155. The number of likely N-dealkylation sites (tertiary alicyclic amines) is 1. The summed E-state index contributed by atoms with van der Waals surface area (Å²) in [5, 5.41) is 1.14. The molecule has 0 saturated carbocycles. The lowest BCUT2D eigenvalue weighted by Crippen LogP contribution is -2.40. The van der Waals surface area contributed by atoms with Gasteiger partial charge in [-0.25, -0.2) is 0 Å². The number of hydrogen-bond acceptors (Lipinski definition) is 3. The number of ether oxygens (including phenoxy) is 1. The maximum Gasteiger partial charge on any atom is 0.263 e. The molecular weight excluding hydrogens is 306 g/mol. The Bertz CT molecular complexity index is 587. The van der Waals surface area contributed by atoms with Crippen LogP contribution in [0.5, 0.6) is 0 Å². The summed E-state index contributed by atoms with van der Waals surface area (Å²) in [6.45, 7) is 2.12. The zero-order valence-corrected chi connectivity index (χ0v) is 13.3. The number of thiophene rings is 1. The highest BCUT2D eigenvalue weighted by Gasteiger charge is 2.24. The molecule has 0 unspecified atom stereocenters. The minimum atomic E-state index is 0.145. The van der Waals surface area contributed by atoms with Gasteiger partial charge < -0.3 is 9.64 Å². The van der Waals surface area contributed by atoms with E-state index in [4.69, 9.17) is 16.3 Å². The average Bonchev–Trinajstić information content (AvgIpc) is 2.96. The number of carbonyl (C=O) groups is 1. The smallest absolute Gasteiger partial charge is 0.263 e. The number of halogens is 1. The molecule has 1 aliphatic rings. The van der Waals surface area contributed by atoms with E-state index in [-0.39, 0.29) is 12.0 Å². The van der Waals surface area contributed by atoms with E-state index in [1.54, 1.807) is 11.3 Å². The molecule has 3 nitrogen and oxygen atoms in total. The highest BCUT2D eigenvalue weighted by Crippen LogP contribution is 2.27. The maximum absolute atomic E-state index is 12.6. The lowest BCUT2D eigenvalue weighted by Gasteiger charge is -2.31. The van der Waals surface area contributed by atoms with Crippen molar-refractivity contribution < 1.29 is 9.53 Å². The second kappa shape index (κ2) is 6.77. The largest absolute Gasteiger partial charge is 0.377 e. The highest BCUT2D eigenvalue weighted by molar-refractivity contribution is 7.20. The number of benzene rings is 1. The molecule has 2 heterocycles. The van der Waals surface area contributed by atoms with E-state index in [0.29, 0.717) is 12.5 Å². The van der Waals surface area contributed by atoms with Crippen LogP contribution >= 0.6 is 22.9 Å². The third-order valence-electron chi connectivity index (χ3n) is 3.80. The van der Waals surface area contributed by atoms with Gasteiger partial charge in [-0.15, -0.1) is 22.9 Å². The SMILES string of the molecule is O=C(c1cc2ccccc2s1)N1CCC(OCCCl)CC1. The Morgan fingerprint density at radius 2 is 2.10 bits per heavy atom. The zero-order valence-electron chi connectivity index (χ0n) is 11.8. The van der Waals surface area contributed by atoms with Crippen LogP contribution in [0.25, 0.3) is 10.1 Å². The van der Waals surface area contributed by atoms with Crippen LogP contribution in [-0.4, -0.2) is 42.5 Å². The molecule has 0 aliphatic carbocycles. The van der Waals surface area contributed by atoms with Crippen molar-refractivity contribution in [2.24, 2.45) is 0 Å². The molecule has 1 aromatic heterocycles. The van der Waals surface area contributed by atoms with Gasteiger partial charge in [-0.2, -0.15) is 0 Å². The Morgan fingerprint density at radius 3 is 2.81 bits per heavy atom. The van der Waals surface area contributed by atoms with Gasteiger partial charge in [0.1, 0.15) is 0 Å². The van der Waals surface area contributed by atoms with Gasteiger partial charge in [-0.1, -0.05) is 18.2 Å². The predicted molar refractivity (Wildman–Crippen MR) is 87.4 cm³/mol. The first kappa shape index (κ1) is 14.8. The summed E-state index contributed by atoms with van der Waals surface area (Å²) in [7, 11) is 0. The molecule has 1 amide bonds. The highest BCUT2D eigenvalue weighted by atomic mass is 35.5. The summed E-state index contributed by atoms with van der Waals surface area (Å²) in [5.41, 5.74) is 0. The number of carbonyl (C=O) groups excluding carboxylic acids is 1. The van der Waals surface area contributed by atoms with E-state index in [1.165, 1.54) is 4.70 Å². The summed E-state index contributed by atoms with van der Waals surface area (Å²) in [6, 6.07) is 10.1. The zero-order chi connectivity index (χ0) is 14.7. The fourth-order valence-electron chi connectivity index (χ4n) is 2.68.